The first-order chi connectivity index (χ1) is 28.0. The molecule has 0 saturated carbocycles. The topological polar surface area (TPSA) is 230 Å². The highest BCUT2D eigenvalue weighted by Crippen LogP contribution is 2.16. The fourth-order valence-corrected chi connectivity index (χ4v) is 20.4. The third-order valence-electron chi connectivity index (χ3n) is 9.56. The van der Waals surface area contributed by atoms with Crippen LogP contribution in [0.25, 0.3) is 0 Å². The van der Waals surface area contributed by atoms with Crippen LogP contribution in [0.3, 0.4) is 0 Å². The van der Waals surface area contributed by atoms with Crippen molar-refractivity contribution in [1.82, 2.24) is 23.9 Å². The van der Waals surface area contributed by atoms with E-state index in [4.69, 9.17) is 22.8 Å². The molecule has 60 heavy (non-hydrogen) atoms. The largest absolute Gasteiger partial charge is 0.466 e. The number of hydrogen-bond acceptors (Lipinski definition) is 13. The molecular formula is C38H77N5O13Si4. The molecule has 2 amide bonds. The molecule has 0 radical (unpaired) electrons. The highest BCUT2D eigenvalue weighted by Gasteiger charge is 2.35. The van der Waals surface area contributed by atoms with E-state index in [9.17, 15) is 39.0 Å². The Morgan fingerprint density at radius 1 is 0.550 bits per heavy atom. The molecule has 0 aliphatic carbocycles. The molecule has 0 bridgehead atoms. The Morgan fingerprint density at radius 2 is 0.900 bits per heavy atom. The minimum Gasteiger partial charge on any atom is -0.466 e. The van der Waals surface area contributed by atoms with Crippen LogP contribution >= 0.6 is 0 Å². The van der Waals surface area contributed by atoms with E-state index in [1.54, 1.807) is 7.05 Å². The second-order valence-corrected chi connectivity index (χ2v) is 34.9. The van der Waals surface area contributed by atoms with Gasteiger partial charge in [0.25, 0.3) is 0 Å². The summed E-state index contributed by atoms with van der Waals surface area (Å²) in [6, 6.07) is -0.303. The summed E-state index contributed by atoms with van der Waals surface area (Å²) in [7, 11) is -7.38. The van der Waals surface area contributed by atoms with Gasteiger partial charge >= 0.3 is 35.0 Å². The number of amides is 2. The number of nitrogens with one attached hydrogen (secondary N) is 1. The first kappa shape index (κ1) is 55.3. The van der Waals surface area contributed by atoms with Crippen LogP contribution in [0.1, 0.15) is 83.5 Å². The molecule has 0 spiro atoms. The molecule has 0 aliphatic heterocycles. The Bertz CT molecular complexity index is 1550. The minimum atomic E-state index is -2.28. The molecule has 0 saturated heterocycles. The summed E-state index contributed by atoms with van der Waals surface area (Å²) in [5.74, 6) is -0.636. The first-order valence-corrected chi connectivity index (χ1v) is 33.9. The molecule has 4 N–H and O–H groups in total. The molecular weight excluding hydrogens is 847 g/mol. The quantitative estimate of drug-likeness (QED) is 0.0464. The Balaban J connectivity index is 2.83. The van der Waals surface area contributed by atoms with E-state index >= 15 is 0 Å². The number of ether oxygens (including phenoxy) is 2. The Morgan fingerprint density at radius 3 is 1.25 bits per heavy atom. The van der Waals surface area contributed by atoms with Crippen molar-refractivity contribution < 1.29 is 47.4 Å². The fourth-order valence-electron chi connectivity index (χ4n) is 6.47. The van der Waals surface area contributed by atoms with Gasteiger partial charge in [-0.15, -0.1) is 0 Å². The molecule has 0 aromatic carbocycles. The molecule has 0 atom stereocenters. The molecule has 1 aromatic rings. The van der Waals surface area contributed by atoms with E-state index in [0.717, 1.165) is 13.7 Å². The van der Waals surface area contributed by atoms with Gasteiger partial charge in [-0.3, -0.25) is 9.59 Å². The van der Waals surface area contributed by atoms with Crippen molar-refractivity contribution >= 4 is 51.2 Å². The van der Waals surface area contributed by atoms with Gasteiger partial charge in [0.05, 0.1) is 19.1 Å². The normalized spacial score (nSPS) is 12.4. The zero-order chi connectivity index (χ0) is 45.6. The summed E-state index contributed by atoms with van der Waals surface area (Å²) in [5, 5.41) is 30.9. The third-order valence-corrected chi connectivity index (χ3v) is 21.6. The first-order valence-electron chi connectivity index (χ1n) is 21.5. The number of aliphatic hydroxyl groups excluding tert-OH is 3. The van der Waals surface area contributed by atoms with E-state index in [2.05, 4.69) is 5.32 Å². The van der Waals surface area contributed by atoms with Crippen LogP contribution in [0.2, 0.25) is 52.4 Å². The van der Waals surface area contributed by atoms with Crippen molar-refractivity contribution in [3.05, 3.63) is 31.5 Å². The van der Waals surface area contributed by atoms with Crippen molar-refractivity contribution in [1.29, 1.82) is 0 Å². The number of aromatic nitrogens is 3. The number of hydrogen-bond donors (Lipinski definition) is 4. The molecule has 348 valence electrons. The molecule has 18 nitrogen and oxygen atoms in total. The second-order valence-electron chi connectivity index (χ2n) is 17.9. The van der Waals surface area contributed by atoms with Crippen molar-refractivity contribution in [3.63, 3.8) is 0 Å². The van der Waals surface area contributed by atoms with E-state index in [1.165, 1.54) is 4.90 Å². The van der Waals surface area contributed by atoms with Gasteiger partial charge < -0.3 is 43.2 Å². The van der Waals surface area contributed by atoms with Crippen molar-refractivity contribution in [2.75, 3.05) is 51.7 Å². The van der Waals surface area contributed by atoms with Gasteiger partial charge in [-0.25, -0.2) is 32.9 Å². The molecule has 0 unspecified atom stereocenters. The number of esters is 2. The Labute approximate surface area is 360 Å². The number of nitrogens with zero attached hydrogens (tertiary/aromatic N) is 4. The molecule has 0 fully saturated rings. The maximum Gasteiger partial charge on any atom is 0.336 e. The predicted octanol–water partition coefficient (Wildman–Crippen LogP) is 2.96. The highest BCUT2D eigenvalue weighted by atomic mass is 28.4. The highest BCUT2D eigenvalue weighted by molar-refractivity contribution is 6.85. The molecule has 22 heteroatoms. The van der Waals surface area contributed by atoms with Crippen molar-refractivity contribution in [2.24, 2.45) is 0 Å². The molecule has 1 heterocycles. The van der Waals surface area contributed by atoms with E-state index in [-0.39, 0.29) is 88.5 Å². The van der Waals surface area contributed by atoms with Gasteiger partial charge in [0.1, 0.15) is 12.5 Å². The lowest BCUT2D eigenvalue weighted by atomic mass is 10.1. The number of carbonyl (C=O) groups excluding carboxylic acids is 3. The lowest BCUT2D eigenvalue weighted by molar-refractivity contribution is -0.143. The lowest BCUT2D eigenvalue weighted by Crippen LogP contribution is -2.54. The summed E-state index contributed by atoms with van der Waals surface area (Å²) in [4.78, 5) is 78.9. The number of urea groups is 1. The second kappa shape index (κ2) is 27.4. The standard InChI is InChI=1S/C38H77N5O13Si4/c1-40(27-28-44)35(49)39-23-17-14-20-26-43-37(51)41(24-18-12-10-15-21-33(47)53-31-59(6,7)55-57(2,3)29-45)36(50)42(38(43)52)25-19-13-11-16-22-34(48)54-32-60(8,9)56-58(4,5)30-46/h44-46H,10-32H2,1-9H3,(H,39,49). The number of carbonyl (C=O) groups is 3. The number of likely N-dealkylation sites (N-methyl/N-ethyl adjacent to an activating group) is 1. The van der Waals surface area contributed by atoms with Gasteiger partial charge in [-0.1, -0.05) is 25.7 Å². The van der Waals surface area contributed by atoms with Gasteiger partial charge in [-0.05, 0) is 97.3 Å². The number of aliphatic hydroxyl groups is 3. The average Bonchev–Trinajstić information content (AvgIpc) is 3.16. The fraction of sp³-hybridized carbons (Fsp3) is 0.842. The number of unbranched alkanes of at least 4 members (excludes halogenated alkanes) is 8. The molecule has 1 rings (SSSR count). The van der Waals surface area contributed by atoms with Crippen LogP contribution in [0.15, 0.2) is 14.4 Å². The predicted molar refractivity (Wildman–Crippen MR) is 241 cm³/mol. The van der Waals surface area contributed by atoms with Gasteiger partial charge in [-0.2, -0.15) is 0 Å². The van der Waals surface area contributed by atoms with Crippen molar-refractivity contribution in [3.8, 4) is 0 Å². The maximum atomic E-state index is 13.6. The minimum absolute atomic E-state index is 0.00114. The zero-order valence-corrected chi connectivity index (χ0v) is 42.0. The summed E-state index contributed by atoms with van der Waals surface area (Å²) < 4.78 is 26.6. The summed E-state index contributed by atoms with van der Waals surface area (Å²) in [6.07, 6.45) is 7.36. The Kier molecular flexibility index (Phi) is 25.2. The zero-order valence-electron chi connectivity index (χ0n) is 38.0. The third kappa shape index (κ3) is 22.4. The van der Waals surface area contributed by atoms with Gasteiger partial charge in [0.2, 0.25) is 16.6 Å². The number of rotatable bonds is 32. The molecule has 0 aliphatic rings. The van der Waals surface area contributed by atoms with Crippen LogP contribution in [-0.4, -0.2) is 137 Å². The SMILES string of the molecule is CN(CCO)C(=O)NCCCCCn1c(=O)n(CCCCCCC(=O)OC[Si](C)(C)O[Si](C)(C)CO)c(=O)n(CCCCCCC(=O)OC[Si](C)(C)O[Si](C)(C)CO)c1=O. The average molecular weight is 924 g/mol. The Hall–Kier alpha value is -2.71. The van der Waals surface area contributed by atoms with Gasteiger partial charge in [0, 0.05) is 52.6 Å². The summed E-state index contributed by atoms with van der Waals surface area (Å²) in [5.41, 5.74) is -1.99. The van der Waals surface area contributed by atoms with Crippen molar-refractivity contribution in [2.45, 2.75) is 155 Å². The summed E-state index contributed by atoms with van der Waals surface area (Å²) in [6.45, 7) is 16.3. The van der Waals surface area contributed by atoms with Crippen LogP contribution in [-0.2, 0) is 46.9 Å². The lowest BCUT2D eigenvalue weighted by Gasteiger charge is -2.32. The summed E-state index contributed by atoms with van der Waals surface area (Å²) >= 11 is 0. The maximum absolute atomic E-state index is 13.6. The van der Waals surface area contributed by atoms with Gasteiger partial charge in [0.15, 0.2) is 16.6 Å². The smallest absolute Gasteiger partial charge is 0.336 e. The van der Waals surface area contributed by atoms with Crippen LogP contribution < -0.4 is 22.4 Å². The van der Waals surface area contributed by atoms with Crippen LogP contribution in [0.5, 0.6) is 0 Å². The monoisotopic (exact) mass is 923 g/mol. The van der Waals surface area contributed by atoms with Crippen LogP contribution in [0.4, 0.5) is 4.79 Å². The van der Waals surface area contributed by atoms with E-state index < -0.39 is 50.3 Å². The van der Waals surface area contributed by atoms with E-state index in [1.807, 2.05) is 52.4 Å². The van der Waals surface area contributed by atoms with E-state index in [0.29, 0.717) is 77.2 Å². The molecule has 1 aromatic heterocycles. The van der Waals surface area contributed by atoms with Crippen LogP contribution in [0, 0.1) is 0 Å².